The Hall–Kier alpha value is -0.830. The second-order valence-electron chi connectivity index (χ2n) is 3.85. The lowest BCUT2D eigenvalue weighted by atomic mass is 10.00. The van der Waals surface area contributed by atoms with Gasteiger partial charge in [-0.15, -0.1) is 12.4 Å². The second-order valence-corrected chi connectivity index (χ2v) is 4.76. The average molecular weight is 313 g/mol. The second kappa shape index (κ2) is 6.80. The number of benzene rings is 2. The van der Waals surface area contributed by atoms with Gasteiger partial charge in [0.2, 0.25) is 0 Å². The van der Waals surface area contributed by atoms with E-state index in [2.05, 4.69) is 40.2 Å². The summed E-state index contributed by atoms with van der Waals surface area (Å²) in [6, 6.07) is 18.6. The highest BCUT2D eigenvalue weighted by atomic mass is 79.9. The van der Waals surface area contributed by atoms with E-state index in [4.69, 9.17) is 5.73 Å². The maximum Gasteiger partial charge on any atom is 0.0335 e. The Morgan fingerprint density at radius 3 is 2.12 bits per heavy atom. The van der Waals surface area contributed by atoms with E-state index in [0.29, 0.717) is 0 Å². The smallest absolute Gasteiger partial charge is 0.0335 e. The molecule has 0 fully saturated rings. The van der Waals surface area contributed by atoms with E-state index in [-0.39, 0.29) is 18.4 Å². The molecule has 90 valence electrons. The number of rotatable bonds is 3. The van der Waals surface area contributed by atoms with Crippen molar-refractivity contribution in [3.8, 4) is 0 Å². The lowest BCUT2D eigenvalue weighted by Gasteiger charge is -2.12. The quantitative estimate of drug-likeness (QED) is 0.906. The van der Waals surface area contributed by atoms with Crippen LogP contribution in [0.1, 0.15) is 17.2 Å². The first kappa shape index (κ1) is 14.2. The molecule has 0 aliphatic rings. The molecule has 1 unspecified atom stereocenters. The highest BCUT2D eigenvalue weighted by Crippen LogP contribution is 2.18. The van der Waals surface area contributed by atoms with E-state index in [1.54, 1.807) is 0 Å². The Labute approximate surface area is 117 Å². The van der Waals surface area contributed by atoms with Crippen molar-refractivity contribution in [1.82, 2.24) is 0 Å². The molecule has 0 aliphatic heterocycles. The summed E-state index contributed by atoms with van der Waals surface area (Å²) in [5.41, 5.74) is 8.61. The van der Waals surface area contributed by atoms with E-state index < -0.39 is 0 Å². The van der Waals surface area contributed by atoms with Crippen molar-refractivity contribution in [2.75, 3.05) is 0 Å². The first-order valence-electron chi connectivity index (χ1n) is 5.30. The zero-order valence-corrected chi connectivity index (χ0v) is 11.7. The van der Waals surface area contributed by atoms with E-state index in [1.807, 2.05) is 30.3 Å². The van der Waals surface area contributed by atoms with Crippen LogP contribution in [0.5, 0.6) is 0 Å². The lowest BCUT2D eigenvalue weighted by molar-refractivity contribution is 0.722. The van der Waals surface area contributed by atoms with Gasteiger partial charge in [-0.1, -0.05) is 58.4 Å². The minimum atomic E-state index is 0. The molecule has 0 aromatic heterocycles. The lowest BCUT2D eigenvalue weighted by Crippen LogP contribution is -2.13. The van der Waals surface area contributed by atoms with Crippen LogP contribution in [-0.4, -0.2) is 0 Å². The molecule has 0 radical (unpaired) electrons. The molecule has 0 saturated carbocycles. The van der Waals surface area contributed by atoms with Crippen LogP contribution in [0.15, 0.2) is 59.1 Å². The van der Waals surface area contributed by atoms with Gasteiger partial charge in [0, 0.05) is 10.5 Å². The van der Waals surface area contributed by atoms with E-state index in [0.717, 1.165) is 10.9 Å². The summed E-state index contributed by atoms with van der Waals surface area (Å²) in [6.07, 6.45) is 0.877. The number of hydrogen-bond acceptors (Lipinski definition) is 1. The summed E-state index contributed by atoms with van der Waals surface area (Å²) >= 11 is 3.42. The summed E-state index contributed by atoms with van der Waals surface area (Å²) in [5.74, 6) is 0. The number of hydrogen-bond donors (Lipinski definition) is 1. The minimum absolute atomic E-state index is 0. The van der Waals surface area contributed by atoms with Crippen LogP contribution in [0.2, 0.25) is 0 Å². The predicted molar refractivity (Wildman–Crippen MR) is 78.5 cm³/mol. The molecule has 1 nitrogen and oxygen atoms in total. The maximum absolute atomic E-state index is 6.16. The van der Waals surface area contributed by atoms with E-state index in [1.165, 1.54) is 11.1 Å². The molecule has 0 saturated heterocycles. The van der Waals surface area contributed by atoms with Gasteiger partial charge in [0.15, 0.2) is 0 Å². The Kier molecular flexibility index (Phi) is 5.69. The van der Waals surface area contributed by atoms with Gasteiger partial charge in [-0.2, -0.15) is 0 Å². The molecule has 0 aliphatic carbocycles. The Morgan fingerprint density at radius 2 is 1.53 bits per heavy atom. The third kappa shape index (κ3) is 4.15. The molecular formula is C14H15BrClN. The molecule has 0 heterocycles. The Balaban J connectivity index is 0.00000144. The fraction of sp³-hybridized carbons (Fsp3) is 0.143. The van der Waals surface area contributed by atoms with Crippen LogP contribution in [0.25, 0.3) is 0 Å². The van der Waals surface area contributed by atoms with Gasteiger partial charge in [-0.25, -0.2) is 0 Å². The van der Waals surface area contributed by atoms with Crippen LogP contribution < -0.4 is 5.73 Å². The first-order valence-corrected chi connectivity index (χ1v) is 6.10. The van der Waals surface area contributed by atoms with Crippen molar-refractivity contribution in [2.24, 2.45) is 5.73 Å². The monoisotopic (exact) mass is 311 g/mol. The highest BCUT2D eigenvalue weighted by Gasteiger charge is 2.06. The molecule has 2 rings (SSSR count). The minimum Gasteiger partial charge on any atom is -0.324 e. The summed E-state index contributed by atoms with van der Waals surface area (Å²) in [5, 5.41) is 0. The third-order valence-electron chi connectivity index (χ3n) is 2.60. The SMILES string of the molecule is Cl.NC(Cc1ccccc1)c1ccc(Br)cc1. The standard InChI is InChI=1S/C14H14BrN.ClH/c15-13-8-6-12(7-9-13)14(16)10-11-4-2-1-3-5-11;/h1-9,14H,10,16H2;1H. The largest absolute Gasteiger partial charge is 0.324 e. The highest BCUT2D eigenvalue weighted by molar-refractivity contribution is 9.10. The average Bonchev–Trinajstić information content (AvgIpc) is 2.31. The maximum atomic E-state index is 6.16. The third-order valence-corrected chi connectivity index (χ3v) is 3.13. The molecule has 3 heteroatoms. The summed E-state index contributed by atoms with van der Waals surface area (Å²) in [4.78, 5) is 0. The normalized spacial score (nSPS) is 11.6. The van der Waals surface area contributed by atoms with Crippen molar-refractivity contribution in [1.29, 1.82) is 0 Å². The molecule has 0 spiro atoms. The van der Waals surface area contributed by atoms with Gasteiger partial charge >= 0.3 is 0 Å². The van der Waals surface area contributed by atoms with Crippen LogP contribution in [0.4, 0.5) is 0 Å². The van der Waals surface area contributed by atoms with E-state index >= 15 is 0 Å². The van der Waals surface area contributed by atoms with Crippen molar-refractivity contribution in [2.45, 2.75) is 12.5 Å². The molecule has 2 aromatic rings. The molecule has 17 heavy (non-hydrogen) atoms. The predicted octanol–water partition coefficient (Wildman–Crippen LogP) is 4.11. The van der Waals surface area contributed by atoms with Crippen LogP contribution in [0, 0.1) is 0 Å². The molecule has 1 atom stereocenters. The van der Waals surface area contributed by atoms with Crippen molar-refractivity contribution in [3.05, 3.63) is 70.2 Å². The Bertz CT molecular complexity index is 442. The van der Waals surface area contributed by atoms with Crippen LogP contribution >= 0.6 is 28.3 Å². The number of halogens is 2. The first-order chi connectivity index (χ1) is 7.75. The van der Waals surface area contributed by atoms with E-state index in [9.17, 15) is 0 Å². The van der Waals surface area contributed by atoms with Gasteiger partial charge < -0.3 is 5.73 Å². The van der Waals surface area contributed by atoms with Gasteiger partial charge in [0.05, 0.1) is 0 Å². The summed E-state index contributed by atoms with van der Waals surface area (Å²) < 4.78 is 1.09. The summed E-state index contributed by atoms with van der Waals surface area (Å²) in [6.45, 7) is 0. The van der Waals surface area contributed by atoms with Crippen LogP contribution in [-0.2, 0) is 6.42 Å². The van der Waals surface area contributed by atoms with Gasteiger partial charge in [-0.3, -0.25) is 0 Å². The zero-order valence-electron chi connectivity index (χ0n) is 9.34. The molecular weight excluding hydrogens is 298 g/mol. The van der Waals surface area contributed by atoms with Crippen molar-refractivity contribution >= 4 is 28.3 Å². The zero-order chi connectivity index (χ0) is 11.4. The van der Waals surface area contributed by atoms with Gasteiger partial charge in [-0.05, 0) is 29.7 Å². The Morgan fingerprint density at radius 1 is 0.941 bits per heavy atom. The number of nitrogens with two attached hydrogens (primary N) is 1. The van der Waals surface area contributed by atoms with Crippen LogP contribution in [0.3, 0.4) is 0 Å². The fourth-order valence-corrected chi connectivity index (χ4v) is 1.96. The molecule has 2 aromatic carbocycles. The molecule has 2 N–H and O–H groups in total. The van der Waals surface area contributed by atoms with Crippen molar-refractivity contribution < 1.29 is 0 Å². The van der Waals surface area contributed by atoms with Crippen molar-refractivity contribution in [3.63, 3.8) is 0 Å². The molecule has 0 bridgehead atoms. The van der Waals surface area contributed by atoms with Gasteiger partial charge in [0.25, 0.3) is 0 Å². The summed E-state index contributed by atoms with van der Waals surface area (Å²) in [7, 11) is 0. The molecule has 0 amide bonds. The fourth-order valence-electron chi connectivity index (χ4n) is 1.70. The van der Waals surface area contributed by atoms with Gasteiger partial charge in [0.1, 0.15) is 0 Å². The topological polar surface area (TPSA) is 26.0 Å².